The van der Waals surface area contributed by atoms with Crippen LogP contribution in [0.25, 0.3) is 11.1 Å². The fourth-order valence-electron chi connectivity index (χ4n) is 2.59. The first-order chi connectivity index (χ1) is 12.5. The second-order valence-electron chi connectivity index (χ2n) is 6.15. The number of benzene rings is 3. The van der Waals surface area contributed by atoms with Crippen LogP contribution in [0, 0.1) is 13.8 Å². The zero-order valence-electron chi connectivity index (χ0n) is 14.8. The summed E-state index contributed by atoms with van der Waals surface area (Å²) in [7, 11) is 0. The number of amides is 1. The molecule has 0 fully saturated rings. The van der Waals surface area contributed by atoms with Gasteiger partial charge >= 0.3 is 0 Å². The van der Waals surface area contributed by atoms with Gasteiger partial charge in [0.05, 0.1) is 5.02 Å². The Morgan fingerprint density at radius 3 is 2.38 bits per heavy atom. The Kier molecular flexibility index (Phi) is 5.59. The molecular formula is C22H20ClNO2. The van der Waals surface area contributed by atoms with Gasteiger partial charge in [-0.15, -0.1) is 0 Å². The summed E-state index contributed by atoms with van der Waals surface area (Å²) in [5.74, 6) is 0.262. The van der Waals surface area contributed by atoms with Gasteiger partial charge in [0.25, 0.3) is 5.91 Å². The van der Waals surface area contributed by atoms with Crippen LogP contribution in [-0.4, -0.2) is 12.5 Å². The molecule has 3 nitrogen and oxygen atoms in total. The van der Waals surface area contributed by atoms with E-state index in [1.165, 1.54) is 5.56 Å². The first kappa shape index (κ1) is 18.0. The topological polar surface area (TPSA) is 38.3 Å². The van der Waals surface area contributed by atoms with E-state index in [0.717, 1.165) is 22.4 Å². The van der Waals surface area contributed by atoms with Crippen LogP contribution in [0.3, 0.4) is 0 Å². The summed E-state index contributed by atoms with van der Waals surface area (Å²) >= 11 is 6.30. The standard InChI is InChI=1S/C22H20ClNO2/c1-15-8-10-19(12-16(15)2)24-22(25)14-26-21-11-9-18(13-20(21)23)17-6-4-3-5-7-17/h3-13H,14H2,1-2H3,(H,24,25). The maximum Gasteiger partial charge on any atom is 0.262 e. The van der Waals surface area contributed by atoms with Crippen LogP contribution < -0.4 is 10.1 Å². The molecule has 0 aliphatic carbocycles. The van der Waals surface area contributed by atoms with Crippen molar-refractivity contribution in [1.82, 2.24) is 0 Å². The number of halogens is 1. The quantitative estimate of drug-likeness (QED) is 0.635. The molecule has 0 aliphatic heterocycles. The Labute approximate surface area is 158 Å². The summed E-state index contributed by atoms with van der Waals surface area (Å²) < 4.78 is 5.57. The largest absolute Gasteiger partial charge is 0.482 e. The van der Waals surface area contributed by atoms with Gasteiger partial charge in [0.2, 0.25) is 0 Å². The molecule has 132 valence electrons. The van der Waals surface area contributed by atoms with Gasteiger partial charge in [-0.05, 0) is 60.4 Å². The predicted octanol–water partition coefficient (Wildman–Crippen LogP) is 5.64. The molecule has 0 saturated heterocycles. The van der Waals surface area contributed by atoms with Crippen molar-refractivity contribution in [1.29, 1.82) is 0 Å². The smallest absolute Gasteiger partial charge is 0.262 e. The van der Waals surface area contributed by atoms with Gasteiger partial charge in [-0.3, -0.25) is 4.79 Å². The van der Waals surface area contributed by atoms with Gasteiger partial charge in [0.1, 0.15) is 5.75 Å². The zero-order chi connectivity index (χ0) is 18.5. The first-order valence-corrected chi connectivity index (χ1v) is 8.75. The van der Waals surface area contributed by atoms with Crippen molar-refractivity contribution in [3.63, 3.8) is 0 Å². The lowest BCUT2D eigenvalue weighted by atomic mass is 10.1. The zero-order valence-corrected chi connectivity index (χ0v) is 15.5. The summed E-state index contributed by atoms with van der Waals surface area (Å²) in [5.41, 5.74) is 5.15. The highest BCUT2D eigenvalue weighted by Crippen LogP contribution is 2.30. The van der Waals surface area contributed by atoms with E-state index in [1.807, 2.05) is 74.5 Å². The number of anilines is 1. The van der Waals surface area contributed by atoms with Gasteiger partial charge < -0.3 is 10.1 Å². The van der Waals surface area contributed by atoms with Crippen molar-refractivity contribution in [2.45, 2.75) is 13.8 Å². The predicted molar refractivity (Wildman–Crippen MR) is 107 cm³/mol. The van der Waals surface area contributed by atoms with Crippen molar-refractivity contribution in [3.05, 3.63) is 82.9 Å². The Balaban J connectivity index is 1.62. The van der Waals surface area contributed by atoms with Gasteiger partial charge in [-0.25, -0.2) is 0 Å². The van der Waals surface area contributed by atoms with Crippen LogP contribution in [0.4, 0.5) is 5.69 Å². The van der Waals surface area contributed by atoms with Crippen molar-refractivity contribution in [2.24, 2.45) is 0 Å². The summed E-state index contributed by atoms with van der Waals surface area (Å²) in [6.07, 6.45) is 0. The Hall–Kier alpha value is -2.78. The Bertz CT molecular complexity index is 923. The number of aryl methyl sites for hydroxylation is 2. The third-order valence-electron chi connectivity index (χ3n) is 4.19. The van der Waals surface area contributed by atoms with E-state index >= 15 is 0 Å². The molecule has 0 atom stereocenters. The number of ether oxygens (including phenoxy) is 1. The number of hydrogen-bond acceptors (Lipinski definition) is 2. The molecule has 1 amide bonds. The average Bonchev–Trinajstić information content (AvgIpc) is 2.64. The second kappa shape index (κ2) is 8.07. The molecule has 0 saturated carbocycles. The van der Waals surface area contributed by atoms with Crippen molar-refractivity contribution < 1.29 is 9.53 Å². The molecule has 0 unspecified atom stereocenters. The van der Waals surface area contributed by atoms with Crippen LogP contribution in [0.1, 0.15) is 11.1 Å². The molecule has 0 aromatic heterocycles. The fourth-order valence-corrected chi connectivity index (χ4v) is 2.82. The highest BCUT2D eigenvalue weighted by molar-refractivity contribution is 6.32. The van der Waals surface area contributed by atoms with Crippen molar-refractivity contribution in [2.75, 3.05) is 11.9 Å². The molecule has 3 aromatic carbocycles. The Morgan fingerprint density at radius 1 is 0.923 bits per heavy atom. The normalized spacial score (nSPS) is 10.4. The minimum atomic E-state index is -0.226. The lowest BCUT2D eigenvalue weighted by Crippen LogP contribution is -2.20. The molecule has 26 heavy (non-hydrogen) atoms. The number of carbonyl (C=O) groups excluding carboxylic acids is 1. The summed E-state index contributed by atoms with van der Waals surface area (Å²) in [4.78, 5) is 12.1. The van der Waals surface area contributed by atoms with Gasteiger partial charge in [-0.1, -0.05) is 54.1 Å². The van der Waals surface area contributed by atoms with E-state index < -0.39 is 0 Å². The van der Waals surface area contributed by atoms with E-state index in [0.29, 0.717) is 10.8 Å². The molecule has 0 bridgehead atoms. The van der Waals surface area contributed by atoms with Gasteiger partial charge in [0.15, 0.2) is 6.61 Å². The fraction of sp³-hybridized carbons (Fsp3) is 0.136. The van der Waals surface area contributed by atoms with Crippen LogP contribution in [0.5, 0.6) is 5.75 Å². The van der Waals surface area contributed by atoms with Crippen molar-refractivity contribution in [3.8, 4) is 16.9 Å². The SMILES string of the molecule is Cc1ccc(NC(=O)COc2ccc(-c3ccccc3)cc2Cl)cc1C. The third kappa shape index (κ3) is 4.44. The molecule has 0 spiro atoms. The number of hydrogen-bond donors (Lipinski definition) is 1. The second-order valence-corrected chi connectivity index (χ2v) is 6.55. The minimum absolute atomic E-state index is 0.0999. The van der Waals surface area contributed by atoms with Crippen LogP contribution >= 0.6 is 11.6 Å². The number of rotatable bonds is 5. The molecule has 3 aromatic rings. The van der Waals surface area contributed by atoms with Crippen LogP contribution in [0.2, 0.25) is 5.02 Å². The van der Waals surface area contributed by atoms with E-state index in [4.69, 9.17) is 16.3 Å². The highest BCUT2D eigenvalue weighted by Gasteiger charge is 2.08. The monoisotopic (exact) mass is 365 g/mol. The van der Waals surface area contributed by atoms with E-state index in [-0.39, 0.29) is 12.5 Å². The lowest BCUT2D eigenvalue weighted by molar-refractivity contribution is -0.118. The summed E-state index contributed by atoms with van der Waals surface area (Å²) in [6, 6.07) is 21.3. The number of nitrogens with one attached hydrogen (secondary N) is 1. The van der Waals surface area contributed by atoms with Gasteiger partial charge in [-0.2, -0.15) is 0 Å². The van der Waals surface area contributed by atoms with Crippen molar-refractivity contribution >= 4 is 23.2 Å². The molecule has 1 N–H and O–H groups in total. The Morgan fingerprint density at radius 2 is 1.69 bits per heavy atom. The summed E-state index contributed by atoms with van der Waals surface area (Å²) in [6.45, 7) is 3.94. The number of carbonyl (C=O) groups is 1. The molecule has 0 aliphatic rings. The molecule has 4 heteroatoms. The van der Waals surface area contributed by atoms with Gasteiger partial charge in [0, 0.05) is 5.69 Å². The third-order valence-corrected chi connectivity index (χ3v) is 4.48. The molecular weight excluding hydrogens is 346 g/mol. The molecule has 0 heterocycles. The maximum absolute atomic E-state index is 12.1. The molecule has 0 radical (unpaired) electrons. The highest BCUT2D eigenvalue weighted by atomic mass is 35.5. The van der Waals surface area contributed by atoms with Crippen LogP contribution in [0.15, 0.2) is 66.7 Å². The first-order valence-electron chi connectivity index (χ1n) is 8.38. The summed E-state index contributed by atoms with van der Waals surface area (Å²) in [5, 5.41) is 3.31. The van der Waals surface area contributed by atoms with E-state index in [9.17, 15) is 4.79 Å². The van der Waals surface area contributed by atoms with E-state index in [1.54, 1.807) is 6.07 Å². The maximum atomic E-state index is 12.1. The molecule has 3 rings (SSSR count). The van der Waals surface area contributed by atoms with Crippen LogP contribution in [-0.2, 0) is 4.79 Å². The van der Waals surface area contributed by atoms with E-state index in [2.05, 4.69) is 5.32 Å². The average molecular weight is 366 g/mol. The minimum Gasteiger partial charge on any atom is -0.482 e. The lowest BCUT2D eigenvalue weighted by Gasteiger charge is -2.11.